The maximum atomic E-state index is 13.6. The summed E-state index contributed by atoms with van der Waals surface area (Å²) in [5.74, 6) is 0.0780. The van der Waals surface area contributed by atoms with Crippen LogP contribution in [0.5, 0.6) is 5.75 Å². The summed E-state index contributed by atoms with van der Waals surface area (Å²) < 4.78 is 5.26. The molecule has 0 atom stereocenters. The highest BCUT2D eigenvalue weighted by molar-refractivity contribution is 6.35. The zero-order chi connectivity index (χ0) is 23.2. The van der Waals surface area contributed by atoms with Crippen molar-refractivity contribution in [1.29, 1.82) is 0 Å². The fourth-order valence-electron chi connectivity index (χ4n) is 3.91. The van der Waals surface area contributed by atoms with Crippen molar-refractivity contribution in [3.05, 3.63) is 95.7 Å². The Hall–Kier alpha value is -4.00. The van der Waals surface area contributed by atoms with E-state index in [-0.39, 0.29) is 18.4 Å². The minimum absolute atomic E-state index is 0.129. The molecule has 0 radical (unpaired) electrons. The number of carbonyl (C=O) groups excluding carboxylic acids is 2. The first-order valence-corrected chi connectivity index (χ1v) is 10.9. The van der Waals surface area contributed by atoms with Crippen LogP contribution in [0.2, 0.25) is 0 Å². The van der Waals surface area contributed by atoms with Crippen molar-refractivity contribution in [3.8, 4) is 5.75 Å². The largest absolute Gasteiger partial charge is 0.497 e. The van der Waals surface area contributed by atoms with E-state index in [0.29, 0.717) is 41.4 Å². The van der Waals surface area contributed by atoms with Crippen LogP contribution in [0.3, 0.4) is 0 Å². The minimum atomic E-state index is -0.312. The molecule has 0 saturated carbocycles. The number of pyridine rings is 2. The van der Waals surface area contributed by atoms with Gasteiger partial charge in [-0.15, -0.1) is 0 Å². The Morgan fingerprint density at radius 2 is 1.70 bits per heavy atom. The van der Waals surface area contributed by atoms with E-state index in [0.717, 1.165) is 12.0 Å². The SMILES string of the molecule is CCN(CCc1ccncc1)C1=C(c2ccc(OC)cc2)C(=O)N(Cc2ccccn2)C1=O. The van der Waals surface area contributed by atoms with Gasteiger partial charge >= 0.3 is 0 Å². The number of carbonyl (C=O) groups is 2. The van der Waals surface area contributed by atoms with Crippen LogP contribution in [0.15, 0.2) is 78.9 Å². The first kappa shape index (κ1) is 22.2. The summed E-state index contributed by atoms with van der Waals surface area (Å²) in [6, 6.07) is 16.6. The van der Waals surface area contributed by atoms with Gasteiger partial charge in [-0.2, -0.15) is 0 Å². The van der Waals surface area contributed by atoms with Gasteiger partial charge in [0.25, 0.3) is 11.8 Å². The van der Waals surface area contributed by atoms with Gasteiger partial charge in [0.1, 0.15) is 11.4 Å². The Labute approximate surface area is 193 Å². The lowest BCUT2D eigenvalue weighted by atomic mass is 10.0. The fourth-order valence-corrected chi connectivity index (χ4v) is 3.91. The molecular formula is C26H26N4O3. The molecule has 0 fully saturated rings. The summed E-state index contributed by atoms with van der Waals surface area (Å²) >= 11 is 0. The van der Waals surface area contributed by atoms with E-state index in [2.05, 4.69) is 9.97 Å². The van der Waals surface area contributed by atoms with Crippen LogP contribution in [0.25, 0.3) is 5.57 Å². The molecule has 1 aliphatic heterocycles. The maximum absolute atomic E-state index is 13.6. The quantitative estimate of drug-likeness (QED) is 0.473. The smallest absolute Gasteiger partial charge is 0.278 e. The number of hydrogen-bond acceptors (Lipinski definition) is 6. The van der Waals surface area contributed by atoms with Crippen molar-refractivity contribution in [2.45, 2.75) is 19.9 Å². The van der Waals surface area contributed by atoms with Crippen molar-refractivity contribution in [1.82, 2.24) is 19.8 Å². The first-order valence-electron chi connectivity index (χ1n) is 10.9. The van der Waals surface area contributed by atoms with Gasteiger partial charge < -0.3 is 9.64 Å². The zero-order valence-electron chi connectivity index (χ0n) is 18.8. The molecule has 0 aliphatic carbocycles. The number of rotatable bonds is 9. The zero-order valence-corrected chi connectivity index (χ0v) is 18.8. The third-order valence-corrected chi connectivity index (χ3v) is 5.69. The average molecular weight is 443 g/mol. The van der Waals surface area contributed by atoms with E-state index in [4.69, 9.17) is 4.74 Å². The summed E-state index contributed by atoms with van der Waals surface area (Å²) in [4.78, 5) is 38.7. The Balaban J connectivity index is 1.70. The molecule has 0 spiro atoms. The van der Waals surface area contributed by atoms with E-state index in [1.807, 2.05) is 54.3 Å². The number of hydrogen-bond donors (Lipinski definition) is 0. The topological polar surface area (TPSA) is 75.6 Å². The third kappa shape index (κ3) is 4.77. The number of nitrogens with zero attached hydrogens (tertiary/aromatic N) is 4. The number of ether oxygens (including phenoxy) is 1. The molecule has 7 heteroatoms. The Bertz CT molecular complexity index is 1150. The standard InChI is InChI=1S/C26H26N4O3/c1-3-29(17-13-19-11-15-27-16-12-19)24-23(20-7-9-22(33-2)10-8-20)25(31)30(26(24)32)18-21-6-4-5-14-28-21/h4-12,14-16H,3,13,17-18H2,1-2H3. The van der Waals surface area contributed by atoms with Crippen molar-refractivity contribution in [2.75, 3.05) is 20.2 Å². The van der Waals surface area contributed by atoms with Crippen LogP contribution >= 0.6 is 0 Å². The number of methoxy groups -OCH3 is 1. The Kier molecular flexibility index (Phi) is 6.78. The van der Waals surface area contributed by atoms with Crippen molar-refractivity contribution in [3.63, 3.8) is 0 Å². The summed E-state index contributed by atoms with van der Waals surface area (Å²) in [7, 11) is 1.59. The van der Waals surface area contributed by atoms with Gasteiger partial charge in [0.15, 0.2) is 0 Å². The molecule has 7 nitrogen and oxygen atoms in total. The second-order valence-corrected chi connectivity index (χ2v) is 7.65. The van der Waals surface area contributed by atoms with Crippen molar-refractivity contribution in [2.24, 2.45) is 0 Å². The van der Waals surface area contributed by atoms with Gasteiger partial charge in [-0.3, -0.25) is 24.5 Å². The van der Waals surface area contributed by atoms with Crippen LogP contribution in [0.4, 0.5) is 0 Å². The number of amides is 2. The van der Waals surface area contributed by atoms with Crippen molar-refractivity contribution >= 4 is 17.4 Å². The lowest BCUT2D eigenvalue weighted by Crippen LogP contribution is -2.35. The van der Waals surface area contributed by atoms with Crippen LogP contribution in [-0.4, -0.2) is 51.8 Å². The second-order valence-electron chi connectivity index (χ2n) is 7.65. The molecule has 3 heterocycles. The molecule has 3 aromatic rings. The highest BCUT2D eigenvalue weighted by Gasteiger charge is 2.41. The normalized spacial score (nSPS) is 13.6. The van der Waals surface area contributed by atoms with Gasteiger partial charge in [0, 0.05) is 31.7 Å². The van der Waals surface area contributed by atoms with E-state index in [9.17, 15) is 9.59 Å². The van der Waals surface area contributed by atoms with Gasteiger partial charge in [0.05, 0.1) is 24.9 Å². The predicted octanol–water partition coefficient (Wildman–Crippen LogP) is 3.33. The number of likely N-dealkylation sites (N-methyl/N-ethyl adjacent to an activating group) is 1. The maximum Gasteiger partial charge on any atom is 0.278 e. The van der Waals surface area contributed by atoms with Crippen LogP contribution in [0.1, 0.15) is 23.7 Å². The lowest BCUT2D eigenvalue weighted by molar-refractivity contribution is -0.138. The number of benzene rings is 1. The molecule has 2 amide bonds. The number of imide groups is 1. The molecule has 2 aromatic heterocycles. The monoisotopic (exact) mass is 442 g/mol. The minimum Gasteiger partial charge on any atom is -0.497 e. The van der Waals surface area contributed by atoms with E-state index in [1.165, 1.54) is 4.90 Å². The molecule has 0 unspecified atom stereocenters. The molecule has 4 rings (SSSR count). The third-order valence-electron chi connectivity index (χ3n) is 5.69. The van der Waals surface area contributed by atoms with Gasteiger partial charge in [0.2, 0.25) is 0 Å². The Morgan fingerprint density at radius 3 is 2.33 bits per heavy atom. The molecule has 33 heavy (non-hydrogen) atoms. The summed E-state index contributed by atoms with van der Waals surface area (Å²) in [5.41, 5.74) is 3.31. The predicted molar refractivity (Wildman–Crippen MR) is 125 cm³/mol. The molecule has 0 bridgehead atoms. The average Bonchev–Trinajstić information content (AvgIpc) is 3.11. The van der Waals surface area contributed by atoms with Gasteiger partial charge in [-0.1, -0.05) is 18.2 Å². The van der Waals surface area contributed by atoms with Crippen molar-refractivity contribution < 1.29 is 14.3 Å². The van der Waals surface area contributed by atoms with Crippen LogP contribution in [-0.2, 0) is 22.6 Å². The second kappa shape index (κ2) is 10.1. The van der Waals surface area contributed by atoms with Crippen LogP contribution < -0.4 is 4.74 Å². The van der Waals surface area contributed by atoms with E-state index >= 15 is 0 Å². The highest BCUT2D eigenvalue weighted by atomic mass is 16.5. The lowest BCUT2D eigenvalue weighted by Gasteiger charge is -2.25. The molecule has 0 saturated heterocycles. The van der Waals surface area contributed by atoms with Gasteiger partial charge in [-0.05, 0) is 60.9 Å². The molecule has 0 N–H and O–H groups in total. The highest BCUT2D eigenvalue weighted by Crippen LogP contribution is 2.33. The summed E-state index contributed by atoms with van der Waals surface area (Å²) in [6.45, 7) is 3.32. The number of aromatic nitrogens is 2. The fraction of sp³-hybridized carbons (Fsp3) is 0.231. The molecular weight excluding hydrogens is 416 g/mol. The first-order chi connectivity index (χ1) is 16.1. The van der Waals surface area contributed by atoms with E-state index < -0.39 is 0 Å². The molecule has 1 aromatic carbocycles. The van der Waals surface area contributed by atoms with Gasteiger partial charge in [-0.25, -0.2) is 0 Å². The van der Waals surface area contributed by atoms with E-state index in [1.54, 1.807) is 37.8 Å². The molecule has 168 valence electrons. The summed E-state index contributed by atoms with van der Waals surface area (Å²) in [6.07, 6.45) is 5.91. The Morgan fingerprint density at radius 1 is 0.939 bits per heavy atom. The molecule has 1 aliphatic rings. The van der Waals surface area contributed by atoms with Crippen LogP contribution in [0, 0.1) is 0 Å². The summed E-state index contributed by atoms with van der Waals surface area (Å²) in [5, 5.41) is 0.